The number of nitrogens with one attached hydrogen (secondary N) is 1. The van der Waals surface area contributed by atoms with E-state index in [1.165, 1.54) is 19.2 Å². The fourth-order valence-corrected chi connectivity index (χ4v) is 2.94. The Labute approximate surface area is 153 Å². The summed E-state index contributed by atoms with van der Waals surface area (Å²) < 4.78 is 39.6. The van der Waals surface area contributed by atoms with Crippen LogP contribution in [0.4, 0.5) is 8.78 Å². The maximum absolute atomic E-state index is 14.2. The number of ether oxygens (including phenoxy) is 2. The van der Waals surface area contributed by atoms with Crippen LogP contribution in [0.25, 0.3) is 0 Å². The average Bonchev–Trinajstić information content (AvgIpc) is 2.88. The second-order valence-electron chi connectivity index (χ2n) is 6.74. The lowest BCUT2D eigenvalue weighted by Gasteiger charge is -2.16. The van der Waals surface area contributed by atoms with Crippen molar-refractivity contribution in [1.29, 1.82) is 0 Å². The first-order valence-corrected chi connectivity index (χ1v) is 8.09. The van der Waals surface area contributed by atoms with E-state index in [0.29, 0.717) is 17.7 Å². The van der Waals surface area contributed by atoms with Gasteiger partial charge in [0, 0.05) is 31.2 Å². The largest absolute Gasteiger partial charge is 0.487 e. The van der Waals surface area contributed by atoms with Crippen molar-refractivity contribution in [3.05, 3.63) is 52.6 Å². The van der Waals surface area contributed by atoms with Gasteiger partial charge in [-0.2, -0.15) is 0 Å². The molecule has 3 rings (SSSR count). The summed E-state index contributed by atoms with van der Waals surface area (Å²) in [5.74, 6) is -4.01. The van der Waals surface area contributed by atoms with Gasteiger partial charge in [-0.1, -0.05) is 0 Å². The molecule has 0 atom stereocenters. The number of hydrogen-bond acceptors (Lipinski definition) is 4. The van der Waals surface area contributed by atoms with Crippen LogP contribution < -0.4 is 14.8 Å². The molecule has 1 amide bonds. The third-order valence-corrected chi connectivity index (χ3v) is 4.10. The summed E-state index contributed by atoms with van der Waals surface area (Å²) in [5.41, 5.74) is -0.777. The van der Waals surface area contributed by atoms with E-state index in [9.17, 15) is 23.5 Å². The zero-order chi connectivity index (χ0) is 19.9. The maximum Gasteiger partial charge on any atom is 0.335 e. The molecular formula is C19H17F2NO5. The van der Waals surface area contributed by atoms with Crippen LogP contribution in [0, 0.1) is 11.6 Å². The van der Waals surface area contributed by atoms with Gasteiger partial charge in [0.2, 0.25) is 0 Å². The Hall–Kier alpha value is -3.16. The van der Waals surface area contributed by atoms with E-state index in [4.69, 9.17) is 9.47 Å². The van der Waals surface area contributed by atoms with Gasteiger partial charge in [0.25, 0.3) is 5.91 Å². The normalized spacial score (nSPS) is 14.3. The van der Waals surface area contributed by atoms with Gasteiger partial charge >= 0.3 is 5.97 Å². The van der Waals surface area contributed by atoms with Gasteiger partial charge in [-0.3, -0.25) is 4.79 Å². The van der Waals surface area contributed by atoms with Gasteiger partial charge in [-0.25, -0.2) is 13.6 Å². The van der Waals surface area contributed by atoms with E-state index in [1.54, 1.807) is 0 Å². The Kier molecular flexibility index (Phi) is 4.51. The SMILES string of the molecule is CNC(=O)c1c(F)cc(Oc2cc(C(=O)O)cc3c2CC(C)(C)O3)cc1F. The highest BCUT2D eigenvalue weighted by atomic mass is 19.1. The van der Waals surface area contributed by atoms with Crippen molar-refractivity contribution < 1.29 is 33.0 Å². The molecule has 142 valence electrons. The second-order valence-corrected chi connectivity index (χ2v) is 6.74. The summed E-state index contributed by atoms with van der Waals surface area (Å²) in [6, 6.07) is 4.40. The topological polar surface area (TPSA) is 84.9 Å². The van der Waals surface area contributed by atoms with Gasteiger partial charge in [-0.15, -0.1) is 0 Å². The average molecular weight is 377 g/mol. The number of amides is 1. The number of benzene rings is 2. The summed E-state index contributed by atoms with van der Waals surface area (Å²) in [5, 5.41) is 11.4. The molecule has 1 aliphatic rings. The molecule has 2 N–H and O–H groups in total. The highest BCUT2D eigenvalue weighted by Crippen LogP contribution is 2.43. The minimum Gasteiger partial charge on any atom is -0.487 e. The molecule has 2 aromatic rings. The van der Waals surface area contributed by atoms with Crippen LogP contribution >= 0.6 is 0 Å². The standard InChI is InChI=1S/C19H17F2NO5/c1-19(2)8-11-14(4-9(18(24)25)5-15(11)27-19)26-10-6-12(20)16(13(21)7-10)17(23)22-3/h4-7H,8H2,1-3H3,(H,22,23)(H,24,25). The lowest BCUT2D eigenvalue weighted by Crippen LogP contribution is -2.24. The van der Waals surface area contributed by atoms with E-state index >= 15 is 0 Å². The van der Waals surface area contributed by atoms with Gasteiger partial charge in [0.15, 0.2) is 0 Å². The van der Waals surface area contributed by atoms with Crippen molar-refractivity contribution in [2.45, 2.75) is 25.9 Å². The Morgan fingerprint density at radius 2 is 1.81 bits per heavy atom. The minimum absolute atomic E-state index is 0.0793. The predicted molar refractivity (Wildman–Crippen MR) is 91.6 cm³/mol. The summed E-state index contributed by atoms with van der Waals surface area (Å²) in [7, 11) is 1.26. The molecule has 0 aliphatic carbocycles. The van der Waals surface area contributed by atoms with Crippen LogP contribution in [-0.2, 0) is 6.42 Å². The van der Waals surface area contributed by atoms with Crippen molar-refractivity contribution in [3.8, 4) is 17.2 Å². The van der Waals surface area contributed by atoms with Crippen LogP contribution in [-0.4, -0.2) is 29.6 Å². The quantitative estimate of drug-likeness (QED) is 0.852. The summed E-state index contributed by atoms with van der Waals surface area (Å²) in [6.45, 7) is 3.66. The smallest absolute Gasteiger partial charge is 0.335 e. The minimum atomic E-state index is -1.19. The summed E-state index contributed by atoms with van der Waals surface area (Å²) in [4.78, 5) is 22.9. The van der Waals surface area contributed by atoms with Crippen LogP contribution in [0.3, 0.4) is 0 Å². The zero-order valence-electron chi connectivity index (χ0n) is 14.9. The molecule has 1 aliphatic heterocycles. The molecule has 0 radical (unpaired) electrons. The predicted octanol–water partition coefficient (Wildman–Crippen LogP) is 3.53. The zero-order valence-corrected chi connectivity index (χ0v) is 14.9. The lowest BCUT2D eigenvalue weighted by atomic mass is 10.00. The number of aromatic carboxylic acids is 1. The summed E-state index contributed by atoms with van der Waals surface area (Å²) >= 11 is 0. The van der Waals surface area contributed by atoms with Gasteiger partial charge in [-0.05, 0) is 26.0 Å². The number of carboxylic acid groups (broad SMARTS) is 1. The molecule has 0 spiro atoms. The Morgan fingerprint density at radius 3 is 2.37 bits per heavy atom. The van der Waals surface area contributed by atoms with Crippen LogP contribution in [0.1, 0.15) is 40.1 Å². The molecule has 0 bridgehead atoms. The number of carbonyl (C=O) groups excluding carboxylic acids is 1. The Balaban J connectivity index is 2.04. The Morgan fingerprint density at radius 1 is 1.19 bits per heavy atom. The molecule has 8 heteroatoms. The number of carbonyl (C=O) groups is 2. The maximum atomic E-state index is 14.2. The number of halogens is 2. The molecule has 0 aromatic heterocycles. The molecule has 0 unspecified atom stereocenters. The van der Waals surface area contributed by atoms with Gasteiger partial charge in [0.05, 0.1) is 5.56 Å². The van der Waals surface area contributed by atoms with E-state index in [2.05, 4.69) is 5.32 Å². The molecule has 6 nitrogen and oxygen atoms in total. The number of carboxylic acids is 1. The van der Waals surface area contributed by atoms with Crippen molar-refractivity contribution in [3.63, 3.8) is 0 Å². The van der Waals surface area contributed by atoms with E-state index < -0.39 is 34.7 Å². The number of hydrogen-bond donors (Lipinski definition) is 2. The van der Waals surface area contributed by atoms with Crippen molar-refractivity contribution in [2.75, 3.05) is 7.05 Å². The Bertz CT molecular complexity index is 932. The molecule has 0 saturated heterocycles. The molecule has 1 heterocycles. The summed E-state index contributed by atoms with van der Waals surface area (Å²) in [6.07, 6.45) is 0.429. The molecule has 0 saturated carbocycles. The highest BCUT2D eigenvalue weighted by Gasteiger charge is 2.34. The molecular weight excluding hydrogens is 360 g/mol. The number of rotatable bonds is 4. The second kappa shape index (κ2) is 6.53. The van der Waals surface area contributed by atoms with Crippen molar-refractivity contribution in [2.24, 2.45) is 0 Å². The van der Waals surface area contributed by atoms with E-state index in [1.807, 2.05) is 13.8 Å². The van der Waals surface area contributed by atoms with Crippen molar-refractivity contribution in [1.82, 2.24) is 5.32 Å². The third-order valence-electron chi connectivity index (χ3n) is 4.10. The van der Waals surface area contributed by atoms with Crippen LogP contribution in [0.15, 0.2) is 24.3 Å². The molecule has 0 fully saturated rings. The number of fused-ring (bicyclic) bond motifs is 1. The molecule has 2 aromatic carbocycles. The fourth-order valence-electron chi connectivity index (χ4n) is 2.94. The van der Waals surface area contributed by atoms with E-state index in [-0.39, 0.29) is 17.1 Å². The highest BCUT2D eigenvalue weighted by molar-refractivity contribution is 5.94. The van der Waals surface area contributed by atoms with Crippen molar-refractivity contribution >= 4 is 11.9 Å². The van der Waals surface area contributed by atoms with Crippen LogP contribution in [0.2, 0.25) is 0 Å². The fraction of sp³-hybridized carbons (Fsp3) is 0.263. The lowest BCUT2D eigenvalue weighted by molar-refractivity contribution is 0.0694. The molecule has 27 heavy (non-hydrogen) atoms. The first-order valence-electron chi connectivity index (χ1n) is 8.09. The van der Waals surface area contributed by atoms with Gasteiger partial charge < -0.3 is 19.9 Å². The first kappa shape index (κ1) is 18.6. The van der Waals surface area contributed by atoms with Gasteiger partial charge in [0.1, 0.15) is 40.0 Å². The van der Waals surface area contributed by atoms with Crippen LogP contribution in [0.5, 0.6) is 17.2 Å². The third kappa shape index (κ3) is 3.55. The van der Waals surface area contributed by atoms with E-state index in [0.717, 1.165) is 12.1 Å². The first-order chi connectivity index (χ1) is 12.6. The monoisotopic (exact) mass is 377 g/mol.